The fourth-order valence-electron chi connectivity index (χ4n) is 4.55. The summed E-state index contributed by atoms with van der Waals surface area (Å²) in [6, 6.07) is 14.7. The van der Waals surface area contributed by atoms with Crippen LogP contribution in [-0.4, -0.2) is 75.9 Å². The molecule has 35 heavy (non-hydrogen) atoms. The van der Waals surface area contributed by atoms with Crippen LogP contribution in [0.1, 0.15) is 17.2 Å². The summed E-state index contributed by atoms with van der Waals surface area (Å²) in [5.41, 5.74) is 2.92. The van der Waals surface area contributed by atoms with Crippen LogP contribution in [0.4, 0.5) is 4.79 Å². The maximum Gasteiger partial charge on any atom is 0.338 e. The number of nitrogens with zero attached hydrogens (tertiary/aromatic N) is 2. The van der Waals surface area contributed by atoms with Crippen molar-refractivity contribution in [1.29, 1.82) is 0 Å². The van der Waals surface area contributed by atoms with E-state index in [0.717, 1.165) is 32.7 Å². The molecule has 0 saturated carbocycles. The number of methoxy groups -OCH3 is 3. The first-order chi connectivity index (χ1) is 17.0. The maximum absolute atomic E-state index is 12.9. The SMILES string of the molecule is COC(=O)C1=C(CN2CCN(Cc3ccccc3)CC2)NC(=O)N[C@@H]1c1ccc(OC)c(OC)c1. The minimum Gasteiger partial charge on any atom is -0.493 e. The summed E-state index contributed by atoms with van der Waals surface area (Å²) in [5, 5.41) is 5.70. The molecule has 0 aromatic heterocycles. The molecule has 2 N–H and O–H groups in total. The molecule has 9 heteroatoms. The van der Waals surface area contributed by atoms with Gasteiger partial charge in [-0.05, 0) is 23.3 Å². The minimum atomic E-state index is -0.676. The molecule has 2 amide bonds. The largest absolute Gasteiger partial charge is 0.493 e. The second-order valence-electron chi connectivity index (χ2n) is 8.57. The third-order valence-electron chi connectivity index (χ3n) is 6.40. The molecule has 1 fully saturated rings. The van der Waals surface area contributed by atoms with Gasteiger partial charge in [-0.25, -0.2) is 9.59 Å². The van der Waals surface area contributed by atoms with E-state index in [-0.39, 0.29) is 6.03 Å². The molecule has 4 rings (SSSR count). The number of nitrogens with one attached hydrogen (secondary N) is 2. The highest BCUT2D eigenvalue weighted by Crippen LogP contribution is 2.34. The summed E-state index contributed by atoms with van der Waals surface area (Å²) in [5.74, 6) is 0.585. The number of urea groups is 1. The van der Waals surface area contributed by atoms with Crippen LogP contribution in [0, 0.1) is 0 Å². The summed E-state index contributed by atoms with van der Waals surface area (Å²) >= 11 is 0. The first-order valence-corrected chi connectivity index (χ1v) is 11.6. The van der Waals surface area contributed by atoms with Gasteiger partial charge in [-0.15, -0.1) is 0 Å². The first kappa shape index (κ1) is 24.6. The predicted molar refractivity (Wildman–Crippen MR) is 131 cm³/mol. The van der Waals surface area contributed by atoms with E-state index in [4.69, 9.17) is 14.2 Å². The highest BCUT2D eigenvalue weighted by Gasteiger charge is 2.35. The number of hydrogen-bond donors (Lipinski definition) is 2. The van der Waals surface area contributed by atoms with E-state index in [0.29, 0.717) is 34.9 Å². The molecule has 2 aliphatic heterocycles. The van der Waals surface area contributed by atoms with Crippen molar-refractivity contribution in [3.63, 3.8) is 0 Å². The molecule has 2 aromatic carbocycles. The van der Waals surface area contributed by atoms with E-state index < -0.39 is 12.0 Å². The summed E-state index contributed by atoms with van der Waals surface area (Å²) in [7, 11) is 4.45. The lowest BCUT2D eigenvalue weighted by atomic mass is 9.94. The summed E-state index contributed by atoms with van der Waals surface area (Å²) in [6.45, 7) is 4.82. The van der Waals surface area contributed by atoms with Gasteiger partial charge in [0.25, 0.3) is 0 Å². The van der Waals surface area contributed by atoms with Gasteiger partial charge in [-0.1, -0.05) is 36.4 Å². The zero-order valence-electron chi connectivity index (χ0n) is 20.4. The quantitative estimate of drug-likeness (QED) is 0.560. The molecule has 2 aliphatic rings. The van der Waals surface area contributed by atoms with E-state index in [1.807, 2.05) is 6.07 Å². The lowest BCUT2D eigenvalue weighted by molar-refractivity contribution is -0.136. The molecule has 2 heterocycles. The molecule has 186 valence electrons. The maximum atomic E-state index is 12.9. The van der Waals surface area contributed by atoms with Crippen LogP contribution in [0.3, 0.4) is 0 Å². The normalized spacial score (nSPS) is 19.1. The van der Waals surface area contributed by atoms with E-state index in [1.54, 1.807) is 32.4 Å². The van der Waals surface area contributed by atoms with Gasteiger partial charge in [0.15, 0.2) is 11.5 Å². The highest BCUT2D eigenvalue weighted by atomic mass is 16.5. The van der Waals surface area contributed by atoms with Crippen LogP contribution < -0.4 is 20.1 Å². The van der Waals surface area contributed by atoms with Crippen molar-refractivity contribution in [2.24, 2.45) is 0 Å². The molecule has 1 saturated heterocycles. The van der Waals surface area contributed by atoms with Gasteiger partial charge < -0.3 is 24.8 Å². The van der Waals surface area contributed by atoms with Crippen molar-refractivity contribution >= 4 is 12.0 Å². The van der Waals surface area contributed by atoms with Gasteiger partial charge in [-0.3, -0.25) is 9.80 Å². The van der Waals surface area contributed by atoms with Crippen molar-refractivity contribution in [2.75, 3.05) is 54.1 Å². The molecule has 0 bridgehead atoms. The van der Waals surface area contributed by atoms with Crippen molar-refractivity contribution in [3.8, 4) is 11.5 Å². The Balaban J connectivity index is 1.53. The van der Waals surface area contributed by atoms with Crippen molar-refractivity contribution in [2.45, 2.75) is 12.6 Å². The van der Waals surface area contributed by atoms with Crippen LogP contribution in [0.25, 0.3) is 0 Å². The van der Waals surface area contributed by atoms with Crippen LogP contribution in [0.15, 0.2) is 59.8 Å². The monoisotopic (exact) mass is 480 g/mol. The lowest BCUT2D eigenvalue weighted by Crippen LogP contribution is -2.51. The standard InChI is InChI=1S/C26H32N4O5/c1-33-21-10-9-19(15-22(21)34-2)24-23(25(31)35-3)20(27-26(32)28-24)17-30-13-11-29(12-14-30)16-18-7-5-4-6-8-18/h4-10,15,24H,11-14,16-17H2,1-3H3,(H2,27,28,32)/t24-/m1/s1. The number of amides is 2. The van der Waals surface area contributed by atoms with Crippen LogP contribution >= 0.6 is 0 Å². The lowest BCUT2D eigenvalue weighted by Gasteiger charge is -2.37. The molecule has 0 spiro atoms. The number of piperazine rings is 1. The van der Waals surface area contributed by atoms with Crippen LogP contribution in [0.2, 0.25) is 0 Å². The molecule has 0 unspecified atom stereocenters. The van der Waals surface area contributed by atoms with E-state index in [2.05, 4.69) is 44.7 Å². The van der Waals surface area contributed by atoms with Crippen molar-refractivity contribution in [3.05, 3.63) is 70.9 Å². The Morgan fingerprint density at radius 3 is 2.20 bits per heavy atom. The van der Waals surface area contributed by atoms with Gasteiger partial charge in [0.05, 0.1) is 32.9 Å². The third-order valence-corrected chi connectivity index (χ3v) is 6.40. The highest BCUT2D eigenvalue weighted by molar-refractivity contribution is 5.95. The fraction of sp³-hybridized carbons (Fsp3) is 0.385. The van der Waals surface area contributed by atoms with E-state index >= 15 is 0 Å². The number of rotatable bonds is 8. The fourth-order valence-corrected chi connectivity index (χ4v) is 4.55. The smallest absolute Gasteiger partial charge is 0.338 e. The van der Waals surface area contributed by atoms with Crippen LogP contribution in [-0.2, 0) is 16.1 Å². The van der Waals surface area contributed by atoms with Crippen molar-refractivity contribution in [1.82, 2.24) is 20.4 Å². The molecule has 0 radical (unpaired) electrons. The topological polar surface area (TPSA) is 92.4 Å². The summed E-state index contributed by atoms with van der Waals surface area (Å²) in [4.78, 5) is 30.1. The second kappa shape index (κ2) is 11.2. The molecular formula is C26H32N4O5. The van der Waals surface area contributed by atoms with Gasteiger partial charge in [0.1, 0.15) is 0 Å². The Bertz CT molecular complexity index is 1080. The molecule has 2 aromatic rings. The second-order valence-corrected chi connectivity index (χ2v) is 8.57. The Hall–Kier alpha value is -3.56. The average molecular weight is 481 g/mol. The third kappa shape index (κ3) is 5.75. The Labute approximate surface area is 205 Å². The number of hydrogen-bond acceptors (Lipinski definition) is 7. The van der Waals surface area contributed by atoms with Gasteiger partial charge >= 0.3 is 12.0 Å². The zero-order chi connectivity index (χ0) is 24.8. The first-order valence-electron chi connectivity index (χ1n) is 11.6. The Morgan fingerprint density at radius 2 is 1.57 bits per heavy atom. The summed E-state index contributed by atoms with van der Waals surface area (Å²) < 4.78 is 15.9. The van der Waals surface area contributed by atoms with E-state index in [9.17, 15) is 9.59 Å². The number of carbonyl (C=O) groups excluding carboxylic acids is 2. The molecular weight excluding hydrogens is 448 g/mol. The number of benzene rings is 2. The molecule has 0 aliphatic carbocycles. The van der Waals surface area contributed by atoms with Crippen LogP contribution in [0.5, 0.6) is 11.5 Å². The van der Waals surface area contributed by atoms with Gasteiger partial charge in [-0.2, -0.15) is 0 Å². The molecule has 9 nitrogen and oxygen atoms in total. The number of ether oxygens (including phenoxy) is 3. The summed E-state index contributed by atoms with van der Waals surface area (Å²) in [6.07, 6.45) is 0. The van der Waals surface area contributed by atoms with Gasteiger partial charge in [0, 0.05) is 45.0 Å². The molecule has 1 atom stereocenters. The number of carbonyl (C=O) groups is 2. The van der Waals surface area contributed by atoms with E-state index in [1.165, 1.54) is 12.7 Å². The predicted octanol–water partition coefficient (Wildman–Crippen LogP) is 2.30. The average Bonchev–Trinajstić information content (AvgIpc) is 2.89. The Kier molecular flexibility index (Phi) is 7.89. The number of esters is 1. The Morgan fingerprint density at radius 1 is 0.914 bits per heavy atom. The van der Waals surface area contributed by atoms with Gasteiger partial charge in [0.2, 0.25) is 0 Å². The van der Waals surface area contributed by atoms with Crippen molar-refractivity contribution < 1.29 is 23.8 Å². The zero-order valence-corrected chi connectivity index (χ0v) is 20.4. The minimum absolute atomic E-state index is 0.366.